The fraction of sp³-hybridized carbons (Fsp3) is 0.211. The van der Waals surface area contributed by atoms with Gasteiger partial charge in [0.25, 0.3) is 5.91 Å². The van der Waals surface area contributed by atoms with Crippen molar-refractivity contribution in [2.75, 3.05) is 26.2 Å². The molecule has 2 aromatic carbocycles. The van der Waals surface area contributed by atoms with Crippen molar-refractivity contribution in [2.45, 2.75) is 4.90 Å². The zero-order valence-corrected chi connectivity index (χ0v) is 16.6. The molecule has 10 heteroatoms. The number of halogens is 3. The molecule has 4 rings (SSSR count). The summed E-state index contributed by atoms with van der Waals surface area (Å²) >= 11 is 1.17. The van der Waals surface area contributed by atoms with Gasteiger partial charge in [0.2, 0.25) is 10.0 Å². The molecule has 0 atom stereocenters. The van der Waals surface area contributed by atoms with E-state index in [0.717, 1.165) is 16.4 Å². The molecular formula is C19H15F3N2O3S2. The highest BCUT2D eigenvalue weighted by atomic mass is 32.2. The Balaban J connectivity index is 1.50. The Morgan fingerprint density at radius 1 is 0.931 bits per heavy atom. The second-order valence-corrected chi connectivity index (χ2v) is 9.52. The molecule has 1 amide bonds. The van der Waals surface area contributed by atoms with Crippen LogP contribution in [-0.4, -0.2) is 49.7 Å². The van der Waals surface area contributed by atoms with Crippen molar-refractivity contribution in [3.05, 3.63) is 64.8 Å². The van der Waals surface area contributed by atoms with Crippen LogP contribution in [0.2, 0.25) is 0 Å². The van der Waals surface area contributed by atoms with Gasteiger partial charge in [-0.3, -0.25) is 4.79 Å². The average Bonchev–Trinajstić information content (AvgIpc) is 3.15. The van der Waals surface area contributed by atoms with E-state index in [1.807, 2.05) is 0 Å². The molecule has 152 valence electrons. The van der Waals surface area contributed by atoms with Gasteiger partial charge in [0, 0.05) is 36.3 Å². The molecular weight excluding hydrogens is 425 g/mol. The molecule has 0 radical (unpaired) electrons. The van der Waals surface area contributed by atoms with Crippen LogP contribution in [0.15, 0.2) is 47.4 Å². The van der Waals surface area contributed by atoms with Crippen LogP contribution in [0.25, 0.3) is 10.1 Å². The summed E-state index contributed by atoms with van der Waals surface area (Å²) in [5.41, 5.74) is 0. The summed E-state index contributed by atoms with van der Waals surface area (Å²) < 4.78 is 68.1. The molecule has 1 aromatic heterocycles. The summed E-state index contributed by atoms with van der Waals surface area (Å²) in [6.45, 7) is 0.0734. The lowest BCUT2D eigenvalue weighted by atomic mass is 10.2. The van der Waals surface area contributed by atoms with Crippen LogP contribution >= 0.6 is 11.3 Å². The van der Waals surface area contributed by atoms with E-state index in [1.165, 1.54) is 28.4 Å². The topological polar surface area (TPSA) is 57.7 Å². The minimum atomic E-state index is -4.22. The maximum atomic E-state index is 13.9. The number of amides is 1. The minimum Gasteiger partial charge on any atom is -0.335 e. The van der Waals surface area contributed by atoms with Crippen molar-refractivity contribution in [3.8, 4) is 0 Å². The first-order valence-electron chi connectivity index (χ1n) is 8.70. The first kappa shape index (κ1) is 19.9. The van der Waals surface area contributed by atoms with E-state index in [9.17, 15) is 26.4 Å². The average molecular weight is 440 g/mol. The van der Waals surface area contributed by atoms with Gasteiger partial charge in [-0.05, 0) is 36.4 Å². The van der Waals surface area contributed by atoms with Gasteiger partial charge in [-0.25, -0.2) is 21.6 Å². The lowest BCUT2D eigenvalue weighted by Gasteiger charge is -2.33. The molecule has 0 aliphatic carbocycles. The van der Waals surface area contributed by atoms with Crippen LogP contribution in [0.3, 0.4) is 0 Å². The number of hydrogen-bond acceptors (Lipinski definition) is 4. The minimum absolute atomic E-state index is 0.0523. The lowest BCUT2D eigenvalue weighted by molar-refractivity contribution is 0.0702. The zero-order valence-electron chi connectivity index (χ0n) is 14.9. The molecule has 1 saturated heterocycles. The summed E-state index contributed by atoms with van der Waals surface area (Å²) in [6, 6.07) is 8.35. The number of fused-ring (bicyclic) bond motifs is 1. The van der Waals surface area contributed by atoms with E-state index in [1.54, 1.807) is 12.1 Å². The standard InChI is InChI=1S/C19H15F3N2O3S2/c20-12-4-5-15(22)18(10-12)29(26,27)24-8-6-23(7-9-24)19(25)17-11-13-14(21)2-1-3-16(13)28-17/h1-5,10-11H,6-9H2. The molecule has 1 aliphatic rings. The summed E-state index contributed by atoms with van der Waals surface area (Å²) in [5, 5.41) is 0.364. The Hall–Kier alpha value is -2.43. The molecule has 2 heterocycles. The third-order valence-corrected chi connectivity index (χ3v) is 7.76. The zero-order chi connectivity index (χ0) is 20.8. The summed E-state index contributed by atoms with van der Waals surface area (Å²) in [4.78, 5) is 13.8. The van der Waals surface area contributed by atoms with E-state index in [4.69, 9.17) is 0 Å². The van der Waals surface area contributed by atoms with Crippen molar-refractivity contribution in [3.63, 3.8) is 0 Å². The number of piperazine rings is 1. The SMILES string of the molecule is O=C(c1cc2c(F)cccc2s1)N1CCN(S(=O)(=O)c2cc(F)ccc2F)CC1. The third-order valence-electron chi connectivity index (χ3n) is 4.76. The Morgan fingerprint density at radius 2 is 1.66 bits per heavy atom. The van der Waals surface area contributed by atoms with Crippen LogP contribution in [0.5, 0.6) is 0 Å². The molecule has 1 aliphatic heterocycles. The monoisotopic (exact) mass is 440 g/mol. The number of sulfonamides is 1. The summed E-state index contributed by atoms with van der Waals surface area (Å²) in [5.74, 6) is -2.61. The number of nitrogens with zero attached hydrogens (tertiary/aromatic N) is 2. The first-order valence-corrected chi connectivity index (χ1v) is 11.0. The van der Waals surface area contributed by atoms with Crippen LogP contribution in [0.4, 0.5) is 13.2 Å². The number of carbonyl (C=O) groups is 1. The normalized spacial score (nSPS) is 15.8. The fourth-order valence-electron chi connectivity index (χ4n) is 3.23. The Kier molecular flexibility index (Phi) is 5.09. The van der Waals surface area contributed by atoms with Gasteiger partial charge in [0.15, 0.2) is 0 Å². The Morgan fingerprint density at radius 3 is 2.34 bits per heavy atom. The lowest BCUT2D eigenvalue weighted by Crippen LogP contribution is -2.50. The molecule has 3 aromatic rings. The molecule has 0 N–H and O–H groups in total. The van der Waals surface area contributed by atoms with E-state index in [0.29, 0.717) is 21.0 Å². The van der Waals surface area contributed by atoms with Gasteiger partial charge in [-0.15, -0.1) is 11.3 Å². The number of rotatable bonds is 3. The van der Waals surface area contributed by atoms with Crippen LogP contribution < -0.4 is 0 Å². The number of thiophene rings is 1. The number of benzene rings is 2. The largest absolute Gasteiger partial charge is 0.335 e. The van der Waals surface area contributed by atoms with Gasteiger partial charge in [-0.2, -0.15) is 4.31 Å². The van der Waals surface area contributed by atoms with Crippen molar-refractivity contribution < 1.29 is 26.4 Å². The predicted molar refractivity (Wildman–Crippen MR) is 103 cm³/mol. The summed E-state index contributed by atoms with van der Waals surface area (Å²) in [6.07, 6.45) is 0. The molecule has 0 unspecified atom stereocenters. The second-order valence-electron chi connectivity index (χ2n) is 6.53. The highest BCUT2D eigenvalue weighted by Crippen LogP contribution is 2.29. The fourth-order valence-corrected chi connectivity index (χ4v) is 5.77. The second kappa shape index (κ2) is 7.43. The highest BCUT2D eigenvalue weighted by molar-refractivity contribution is 7.89. The molecule has 0 spiro atoms. The van der Waals surface area contributed by atoms with Crippen molar-refractivity contribution >= 4 is 37.4 Å². The van der Waals surface area contributed by atoms with E-state index in [-0.39, 0.29) is 32.1 Å². The third kappa shape index (κ3) is 3.63. The van der Waals surface area contributed by atoms with Gasteiger partial charge in [0.05, 0.1) is 4.88 Å². The van der Waals surface area contributed by atoms with E-state index >= 15 is 0 Å². The summed E-state index contributed by atoms with van der Waals surface area (Å²) in [7, 11) is -4.22. The van der Waals surface area contributed by atoms with Crippen LogP contribution in [0.1, 0.15) is 9.67 Å². The molecule has 5 nitrogen and oxygen atoms in total. The number of carbonyl (C=O) groups excluding carboxylic acids is 1. The quantitative estimate of drug-likeness (QED) is 0.627. The Labute approximate surface area is 169 Å². The Bertz CT molecular complexity index is 1200. The smallest absolute Gasteiger partial charge is 0.264 e. The van der Waals surface area contributed by atoms with Gasteiger partial charge < -0.3 is 4.90 Å². The van der Waals surface area contributed by atoms with Crippen molar-refractivity contribution in [1.29, 1.82) is 0 Å². The molecule has 0 saturated carbocycles. The van der Waals surface area contributed by atoms with E-state index < -0.39 is 32.4 Å². The molecule has 0 bridgehead atoms. The predicted octanol–water partition coefficient (Wildman–Crippen LogP) is 3.47. The van der Waals surface area contributed by atoms with Gasteiger partial charge in [-0.1, -0.05) is 6.07 Å². The van der Waals surface area contributed by atoms with Crippen molar-refractivity contribution in [1.82, 2.24) is 9.21 Å². The van der Waals surface area contributed by atoms with E-state index in [2.05, 4.69) is 0 Å². The van der Waals surface area contributed by atoms with Crippen molar-refractivity contribution in [2.24, 2.45) is 0 Å². The maximum Gasteiger partial charge on any atom is 0.264 e. The molecule has 1 fully saturated rings. The van der Waals surface area contributed by atoms with Crippen LogP contribution in [-0.2, 0) is 10.0 Å². The number of hydrogen-bond donors (Lipinski definition) is 0. The van der Waals surface area contributed by atoms with Gasteiger partial charge in [0.1, 0.15) is 22.3 Å². The maximum absolute atomic E-state index is 13.9. The molecule has 29 heavy (non-hydrogen) atoms. The van der Waals surface area contributed by atoms with Gasteiger partial charge >= 0.3 is 0 Å². The highest BCUT2D eigenvalue weighted by Gasteiger charge is 2.33. The van der Waals surface area contributed by atoms with Crippen LogP contribution in [0, 0.1) is 17.5 Å². The first-order chi connectivity index (χ1) is 13.8.